The van der Waals surface area contributed by atoms with Gasteiger partial charge in [0, 0.05) is 96.8 Å². The fourth-order valence-electron chi connectivity index (χ4n) is 15.0. The number of fused-ring (bicyclic) bond motifs is 4. The molecule has 0 aliphatic heterocycles. The Morgan fingerprint density at radius 3 is 1.22 bits per heavy atom. The molecule has 0 saturated heterocycles. The van der Waals surface area contributed by atoms with Crippen LogP contribution in [-0.4, -0.2) is 17.5 Å². The highest BCUT2D eigenvalue weighted by Gasteiger charge is 2.31. The summed E-state index contributed by atoms with van der Waals surface area (Å²) in [5.41, 5.74) is 13.8. The number of aryl methyl sites for hydroxylation is 6. The summed E-state index contributed by atoms with van der Waals surface area (Å²) in [5.74, 6) is 0.751. The Morgan fingerprint density at radius 1 is 0.347 bits per heavy atom. The van der Waals surface area contributed by atoms with Crippen molar-refractivity contribution in [2.24, 2.45) is 11.8 Å². The SMILES string of the molecule is CCCCCCCCc1cc(C)sc1-c1sc(-c2c(F)cc(-c3cc4c(-c5cc(CCCCCC)c(CC(CC)CCCC)s5)c5sc(-c6cc(F)c(C)c7nsnc67)cc5c(-c5cc(CCCCCC)c(CC(CC)CCCC)s5)c4s3)c3nsnc23)cc1CCCCCCCC. The maximum atomic E-state index is 18.4. The van der Waals surface area contributed by atoms with Crippen molar-refractivity contribution in [3.63, 3.8) is 0 Å². The van der Waals surface area contributed by atoms with Gasteiger partial charge in [-0.3, -0.25) is 0 Å². The highest BCUT2D eigenvalue weighted by Crippen LogP contribution is 2.57. The molecule has 0 aliphatic carbocycles. The van der Waals surface area contributed by atoms with Gasteiger partial charge in [0.05, 0.1) is 29.0 Å². The van der Waals surface area contributed by atoms with Crippen molar-refractivity contribution in [3.8, 4) is 62.0 Å². The van der Waals surface area contributed by atoms with Gasteiger partial charge in [-0.1, -0.05) is 209 Å². The molecule has 8 heterocycles. The molecule has 98 heavy (non-hydrogen) atoms. The molecule has 2 unspecified atom stereocenters. The van der Waals surface area contributed by atoms with Crippen molar-refractivity contribution in [1.29, 1.82) is 0 Å². The average molecular weight is 1470 g/mol. The van der Waals surface area contributed by atoms with E-state index in [1.807, 2.05) is 47.0 Å². The first-order valence-electron chi connectivity index (χ1n) is 38.3. The van der Waals surface area contributed by atoms with E-state index in [1.165, 1.54) is 285 Å². The molecular weight excluding hydrogens is 1360 g/mol. The third-order valence-corrected chi connectivity index (χ3v) is 29.2. The van der Waals surface area contributed by atoms with Crippen molar-refractivity contribution in [2.45, 2.75) is 288 Å². The maximum Gasteiger partial charge on any atom is 0.134 e. The maximum absolute atomic E-state index is 18.4. The number of hydrogen-bond acceptors (Lipinski definition) is 12. The average Bonchev–Trinajstić information content (AvgIpc) is 1.55. The molecule has 526 valence electrons. The minimum absolute atomic E-state index is 0.237. The number of halogens is 2. The van der Waals surface area contributed by atoms with Crippen LogP contribution in [0.2, 0.25) is 0 Å². The minimum atomic E-state index is -0.253. The molecule has 2 atom stereocenters. The van der Waals surface area contributed by atoms with Crippen LogP contribution in [0, 0.1) is 37.3 Å². The number of rotatable bonds is 42. The van der Waals surface area contributed by atoms with E-state index in [9.17, 15) is 0 Å². The number of aromatic nitrogens is 4. The smallest absolute Gasteiger partial charge is 0.134 e. The van der Waals surface area contributed by atoms with Crippen molar-refractivity contribution >= 4 is 134 Å². The second-order valence-electron chi connectivity index (χ2n) is 28.4. The first-order chi connectivity index (χ1) is 47.9. The summed E-state index contributed by atoms with van der Waals surface area (Å²) in [6.45, 7) is 22.7. The molecule has 8 aromatic heterocycles. The van der Waals surface area contributed by atoms with Gasteiger partial charge in [0.25, 0.3) is 0 Å². The zero-order valence-corrected chi connectivity index (χ0v) is 67.2. The third kappa shape index (κ3) is 17.6. The molecule has 0 radical (unpaired) electrons. The zero-order chi connectivity index (χ0) is 68.7. The lowest BCUT2D eigenvalue weighted by Gasteiger charge is -2.14. The Bertz CT molecular complexity index is 4220. The van der Waals surface area contributed by atoms with Gasteiger partial charge < -0.3 is 0 Å². The fraction of sp³-hybridized carbons (Fsp3) is 0.548. The van der Waals surface area contributed by atoms with Gasteiger partial charge in [-0.05, 0) is 161 Å². The monoisotopic (exact) mass is 1470 g/mol. The molecule has 4 nitrogen and oxygen atoms in total. The van der Waals surface area contributed by atoms with E-state index in [4.69, 9.17) is 17.5 Å². The summed E-state index contributed by atoms with van der Waals surface area (Å²) in [6, 6.07) is 18.3. The molecule has 0 aliphatic rings. The van der Waals surface area contributed by atoms with Crippen LogP contribution in [0.5, 0.6) is 0 Å². The van der Waals surface area contributed by atoms with Crippen molar-refractivity contribution in [1.82, 2.24) is 17.5 Å². The largest absolute Gasteiger partial charge is 0.207 e. The van der Waals surface area contributed by atoms with Gasteiger partial charge >= 0.3 is 0 Å². The summed E-state index contributed by atoms with van der Waals surface area (Å²) in [6.07, 6.45) is 40.9. The Balaban J connectivity index is 1.14. The summed E-state index contributed by atoms with van der Waals surface area (Å²) < 4.78 is 57.1. The van der Waals surface area contributed by atoms with Crippen LogP contribution in [0.15, 0.2) is 48.5 Å². The van der Waals surface area contributed by atoms with E-state index >= 15 is 8.78 Å². The van der Waals surface area contributed by atoms with Crippen LogP contribution in [0.1, 0.15) is 278 Å². The molecular formula is C84H108F2N4S8. The standard InChI is InChI=1S/C84H108F2N4S8/c1-11-19-25-29-31-35-41-59-43-53(9)91-81(59)82-60(42-36-32-30-26-20-12-2)48-73(96-82)76-66(86)50-62(79-80(76)90-98-89-79)70-52-64-75(72-47-58(40-34-28-22-14-4)68(93-72)45-56(18-8)38-24-16-6)83-63(51-69(94-83)61-49-65(85)54(10)77-78(61)88-97-87-77)74(84(64)95-70)71-46-57(39-33-27-21-13-3)67(92-71)44-55(17-7)37-23-15-5/h43,46-52,55-56H,11-42,44-45H2,1-10H3. The van der Waals surface area contributed by atoms with Crippen molar-refractivity contribution in [2.75, 3.05) is 0 Å². The summed E-state index contributed by atoms with van der Waals surface area (Å²) >= 11 is 13.7. The highest BCUT2D eigenvalue weighted by atomic mass is 32.1. The summed E-state index contributed by atoms with van der Waals surface area (Å²) in [4.78, 5) is 12.6. The van der Waals surface area contributed by atoms with E-state index in [1.54, 1.807) is 40.1 Å². The van der Waals surface area contributed by atoms with Gasteiger partial charge in [-0.2, -0.15) is 17.5 Å². The van der Waals surface area contributed by atoms with Crippen LogP contribution in [0.3, 0.4) is 0 Å². The minimum Gasteiger partial charge on any atom is -0.207 e. The number of hydrogen-bond donors (Lipinski definition) is 0. The Morgan fingerprint density at radius 2 is 0.735 bits per heavy atom. The fourth-order valence-corrected chi connectivity index (χ4v) is 24.1. The quantitative estimate of drug-likeness (QED) is 0.0358. The van der Waals surface area contributed by atoms with Crippen LogP contribution < -0.4 is 0 Å². The molecule has 0 spiro atoms. The van der Waals surface area contributed by atoms with E-state index in [2.05, 4.69) is 98.7 Å². The van der Waals surface area contributed by atoms with Crippen LogP contribution >= 0.6 is 91.5 Å². The lowest BCUT2D eigenvalue weighted by atomic mass is 9.92. The lowest BCUT2D eigenvalue weighted by Crippen LogP contribution is -2.04. The predicted octanol–water partition coefficient (Wildman–Crippen LogP) is 30.8. The third-order valence-electron chi connectivity index (χ3n) is 20.9. The van der Waals surface area contributed by atoms with Crippen LogP contribution in [0.4, 0.5) is 8.78 Å². The summed E-state index contributed by atoms with van der Waals surface area (Å²) in [5, 5.41) is 2.39. The van der Waals surface area contributed by atoms with Gasteiger partial charge in [-0.25, -0.2) is 8.78 Å². The van der Waals surface area contributed by atoms with Gasteiger partial charge in [0.2, 0.25) is 0 Å². The zero-order valence-electron chi connectivity index (χ0n) is 60.6. The summed E-state index contributed by atoms with van der Waals surface area (Å²) in [7, 11) is 0. The Kier molecular flexibility index (Phi) is 28.2. The number of nitrogens with zero attached hydrogens (tertiary/aromatic N) is 4. The number of unbranched alkanes of at least 4 members (excludes halogenated alkanes) is 18. The molecule has 14 heteroatoms. The van der Waals surface area contributed by atoms with E-state index in [-0.39, 0.29) is 11.6 Å². The van der Waals surface area contributed by atoms with Gasteiger partial charge in [-0.15, -0.1) is 68.0 Å². The lowest BCUT2D eigenvalue weighted by molar-refractivity contribution is 0.450. The Hall–Kier alpha value is -4.12. The van der Waals surface area contributed by atoms with Crippen LogP contribution in [0.25, 0.3) is 104 Å². The van der Waals surface area contributed by atoms with Crippen LogP contribution in [-0.2, 0) is 38.5 Å². The molecule has 3 aromatic carbocycles. The predicted molar refractivity (Wildman–Crippen MR) is 437 cm³/mol. The highest BCUT2D eigenvalue weighted by molar-refractivity contribution is 7.27. The molecule has 0 bridgehead atoms. The van der Waals surface area contributed by atoms with E-state index < -0.39 is 0 Å². The normalized spacial score (nSPS) is 12.8. The Labute approximate surface area is 618 Å². The number of thiophene rings is 6. The number of benzene rings is 3. The van der Waals surface area contributed by atoms with E-state index in [0.717, 1.165) is 81.7 Å². The molecule has 0 N–H and O–H groups in total. The topological polar surface area (TPSA) is 51.6 Å². The first kappa shape index (κ1) is 75.1. The molecule has 11 aromatic rings. The molecule has 0 amide bonds. The second-order valence-corrected chi connectivity index (χ2v) is 36.1. The first-order valence-corrected chi connectivity index (χ1v) is 44.7. The van der Waals surface area contributed by atoms with Crippen molar-refractivity contribution < 1.29 is 8.78 Å². The molecule has 0 fully saturated rings. The molecule has 0 saturated carbocycles. The van der Waals surface area contributed by atoms with Gasteiger partial charge in [0.1, 0.15) is 33.7 Å². The second kappa shape index (κ2) is 36.8. The molecule has 11 rings (SSSR count). The van der Waals surface area contributed by atoms with Crippen molar-refractivity contribution in [3.05, 3.63) is 103 Å². The van der Waals surface area contributed by atoms with Gasteiger partial charge in [0.15, 0.2) is 0 Å². The van der Waals surface area contributed by atoms with E-state index in [0.29, 0.717) is 34.0 Å².